The minimum absolute atomic E-state index is 0. The third kappa shape index (κ3) is 6.23. The number of nitrogens with zero attached hydrogens (tertiary/aromatic N) is 1. The Balaban J connectivity index is 0.00000220. The summed E-state index contributed by atoms with van der Waals surface area (Å²) < 4.78 is 37.3. The molecule has 0 saturated carbocycles. The highest BCUT2D eigenvalue weighted by Gasteiger charge is 2.29. The molecule has 0 bridgehead atoms. The molecule has 2 N–H and O–H groups in total. The fourth-order valence-electron chi connectivity index (χ4n) is 1.91. The second-order valence-electron chi connectivity index (χ2n) is 4.59. The van der Waals surface area contributed by atoms with E-state index >= 15 is 0 Å². The maximum atomic E-state index is 12.4. The van der Waals surface area contributed by atoms with Crippen LogP contribution in [0.4, 0.5) is 13.2 Å². The standard InChI is InChI=1S/C15H15F3N2.2ClH/c16-15(17,18)14-8-6-13(7-9-14)11-20(19)10-12-4-2-1-3-5-12;;/h1-9H,10-11,19H2;2*1H. The summed E-state index contributed by atoms with van der Waals surface area (Å²) in [6.07, 6.45) is -4.30. The van der Waals surface area contributed by atoms with Crippen LogP contribution in [0, 0.1) is 0 Å². The lowest BCUT2D eigenvalue weighted by atomic mass is 10.1. The summed E-state index contributed by atoms with van der Waals surface area (Å²) in [6.45, 7) is 0.939. The maximum absolute atomic E-state index is 12.4. The monoisotopic (exact) mass is 352 g/mol. The number of hydrogen-bond donors (Lipinski definition) is 1. The average Bonchev–Trinajstić information content (AvgIpc) is 2.39. The van der Waals surface area contributed by atoms with Gasteiger partial charge in [0.25, 0.3) is 0 Å². The van der Waals surface area contributed by atoms with Gasteiger partial charge < -0.3 is 0 Å². The van der Waals surface area contributed by atoms with E-state index in [2.05, 4.69) is 0 Å². The molecule has 0 aliphatic carbocycles. The molecule has 7 heteroatoms. The predicted octanol–water partition coefficient (Wildman–Crippen LogP) is 4.42. The third-order valence-corrected chi connectivity index (χ3v) is 2.90. The molecule has 0 atom stereocenters. The van der Waals surface area contributed by atoms with E-state index in [1.807, 2.05) is 30.3 Å². The molecule has 0 aliphatic heterocycles. The first-order valence-corrected chi connectivity index (χ1v) is 6.15. The molecule has 122 valence electrons. The van der Waals surface area contributed by atoms with Gasteiger partial charge in [0.15, 0.2) is 0 Å². The molecule has 0 heterocycles. The zero-order valence-corrected chi connectivity index (χ0v) is 13.2. The SMILES string of the molecule is Cl.Cl.NN(Cc1ccccc1)Cc1ccc(C(F)(F)F)cc1. The van der Waals surface area contributed by atoms with Crippen molar-refractivity contribution < 1.29 is 13.2 Å². The highest BCUT2D eigenvalue weighted by atomic mass is 35.5. The van der Waals surface area contributed by atoms with Crippen molar-refractivity contribution in [3.05, 3.63) is 71.3 Å². The van der Waals surface area contributed by atoms with E-state index in [0.29, 0.717) is 13.1 Å². The smallest absolute Gasteiger partial charge is 0.268 e. The quantitative estimate of drug-likeness (QED) is 0.651. The van der Waals surface area contributed by atoms with Crippen LogP contribution in [0.1, 0.15) is 16.7 Å². The summed E-state index contributed by atoms with van der Waals surface area (Å²) in [7, 11) is 0. The molecule has 0 fully saturated rings. The summed E-state index contributed by atoms with van der Waals surface area (Å²) in [4.78, 5) is 0. The molecule has 0 unspecified atom stereocenters. The molecule has 0 amide bonds. The second-order valence-corrected chi connectivity index (χ2v) is 4.59. The first-order chi connectivity index (χ1) is 9.45. The molecule has 0 saturated heterocycles. The van der Waals surface area contributed by atoms with Crippen LogP contribution in [0.2, 0.25) is 0 Å². The highest BCUT2D eigenvalue weighted by molar-refractivity contribution is 5.85. The topological polar surface area (TPSA) is 29.3 Å². The molecule has 2 aromatic carbocycles. The average molecular weight is 353 g/mol. The van der Waals surface area contributed by atoms with Gasteiger partial charge in [-0.25, -0.2) is 5.01 Å². The van der Waals surface area contributed by atoms with E-state index in [1.54, 1.807) is 5.01 Å². The van der Waals surface area contributed by atoms with Crippen molar-refractivity contribution in [3.63, 3.8) is 0 Å². The predicted molar refractivity (Wildman–Crippen MR) is 85.8 cm³/mol. The van der Waals surface area contributed by atoms with E-state index < -0.39 is 11.7 Å². The maximum Gasteiger partial charge on any atom is 0.416 e. The minimum Gasteiger partial charge on any atom is -0.268 e. The number of rotatable bonds is 4. The Morgan fingerprint density at radius 1 is 0.773 bits per heavy atom. The number of hydrogen-bond acceptors (Lipinski definition) is 2. The molecule has 2 nitrogen and oxygen atoms in total. The van der Waals surface area contributed by atoms with Gasteiger partial charge in [-0.05, 0) is 23.3 Å². The molecule has 2 rings (SSSR count). The zero-order chi connectivity index (χ0) is 14.6. The summed E-state index contributed by atoms with van der Waals surface area (Å²) in [5.74, 6) is 5.87. The van der Waals surface area contributed by atoms with Crippen LogP contribution in [0.25, 0.3) is 0 Å². The Kier molecular flexibility index (Phi) is 8.48. The number of benzene rings is 2. The Bertz CT molecular complexity index is 545. The van der Waals surface area contributed by atoms with Crippen molar-refractivity contribution in [3.8, 4) is 0 Å². The first-order valence-electron chi connectivity index (χ1n) is 6.15. The minimum atomic E-state index is -4.30. The van der Waals surface area contributed by atoms with Crippen molar-refractivity contribution in [1.82, 2.24) is 5.01 Å². The first kappa shape index (κ1) is 20.7. The lowest BCUT2D eigenvalue weighted by Gasteiger charge is -2.17. The summed E-state index contributed by atoms with van der Waals surface area (Å²) in [5.41, 5.74) is 1.16. The van der Waals surface area contributed by atoms with Crippen LogP contribution < -0.4 is 5.84 Å². The van der Waals surface area contributed by atoms with E-state index in [1.165, 1.54) is 12.1 Å². The summed E-state index contributed by atoms with van der Waals surface area (Å²) in [6, 6.07) is 14.7. The van der Waals surface area contributed by atoms with E-state index in [4.69, 9.17) is 5.84 Å². The van der Waals surface area contributed by atoms with Gasteiger partial charge >= 0.3 is 6.18 Å². The van der Waals surface area contributed by atoms with Gasteiger partial charge in [0.05, 0.1) is 5.56 Å². The molecule has 0 aliphatic rings. The largest absolute Gasteiger partial charge is 0.416 e. The van der Waals surface area contributed by atoms with Crippen LogP contribution in [0.15, 0.2) is 54.6 Å². The molecular formula is C15H17Cl2F3N2. The van der Waals surface area contributed by atoms with E-state index in [9.17, 15) is 13.2 Å². The van der Waals surface area contributed by atoms with Crippen LogP contribution >= 0.6 is 24.8 Å². The number of halogens is 5. The van der Waals surface area contributed by atoms with Crippen molar-refractivity contribution in [2.45, 2.75) is 19.3 Å². The summed E-state index contributed by atoms with van der Waals surface area (Å²) in [5, 5.41) is 1.57. The molecular weight excluding hydrogens is 336 g/mol. The number of alkyl halides is 3. The van der Waals surface area contributed by atoms with Crippen LogP contribution in [0.3, 0.4) is 0 Å². The number of nitrogens with two attached hydrogens (primary N) is 1. The lowest BCUT2D eigenvalue weighted by Crippen LogP contribution is -2.29. The fraction of sp³-hybridized carbons (Fsp3) is 0.200. The lowest BCUT2D eigenvalue weighted by molar-refractivity contribution is -0.137. The van der Waals surface area contributed by atoms with Gasteiger partial charge in [-0.1, -0.05) is 42.5 Å². The fourth-order valence-corrected chi connectivity index (χ4v) is 1.91. The van der Waals surface area contributed by atoms with Crippen molar-refractivity contribution in [2.75, 3.05) is 0 Å². The Morgan fingerprint density at radius 2 is 1.23 bits per heavy atom. The van der Waals surface area contributed by atoms with Gasteiger partial charge in [0.2, 0.25) is 0 Å². The van der Waals surface area contributed by atoms with Crippen LogP contribution in [-0.2, 0) is 19.3 Å². The Hall–Kier alpha value is -1.27. The van der Waals surface area contributed by atoms with Gasteiger partial charge in [-0.2, -0.15) is 13.2 Å². The molecule has 0 spiro atoms. The van der Waals surface area contributed by atoms with Crippen LogP contribution in [0.5, 0.6) is 0 Å². The Labute approximate surface area is 139 Å². The molecule has 2 aromatic rings. The van der Waals surface area contributed by atoms with Gasteiger partial charge in [-0.3, -0.25) is 5.84 Å². The van der Waals surface area contributed by atoms with Crippen LogP contribution in [-0.4, -0.2) is 5.01 Å². The zero-order valence-electron chi connectivity index (χ0n) is 11.6. The molecule has 0 radical (unpaired) electrons. The highest BCUT2D eigenvalue weighted by Crippen LogP contribution is 2.29. The molecule has 0 aromatic heterocycles. The second kappa shape index (κ2) is 9.00. The van der Waals surface area contributed by atoms with Crippen molar-refractivity contribution in [1.29, 1.82) is 0 Å². The summed E-state index contributed by atoms with van der Waals surface area (Å²) >= 11 is 0. The number of hydrazine groups is 1. The van der Waals surface area contributed by atoms with Crippen molar-refractivity contribution >= 4 is 24.8 Å². The Morgan fingerprint density at radius 3 is 1.68 bits per heavy atom. The van der Waals surface area contributed by atoms with Gasteiger partial charge in [-0.15, -0.1) is 24.8 Å². The van der Waals surface area contributed by atoms with Gasteiger partial charge in [0.1, 0.15) is 0 Å². The van der Waals surface area contributed by atoms with E-state index in [-0.39, 0.29) is 24.8 Å². The van der Waals surface area contributed by atoms with Gasteiger partial charge in [0, 0.05) is 13.1 Å². The molecule has 22 heavy (non-hydrogen) atoms. The third-order valence-electron chi connectivity index (χ3n) is 2.90. The van der Waals surface area contributed by atoms with Crippen molar-refractivity contribution in [2.24, 2.45) is 5.84 Å². The van der Waals surface area contributed by atoms with E-state index in [0.717, 1.165) is 23.3 Å². The normalized spacial score (nSPS) is 10.8.